The summed E-state index contributed by atoms with van der Waals surface area (Å²) in [5.41, 5.74) is 17.0. The third-order valence-corrected chi connectivity index (χ3v) is 14.4. The van der Waals surface area contributed by atoms with E-state index in [2.05, 4.69) is 206 Å². The molecule has 6 aromatic carbocycles. The van der Waals surface area contributed by atoms with Crippen LogP contribution in [-0.2, 0) is 18.4 Å². The Balaban J connectivity index is 0.908. The van der Waals surface area contributed by atoms with E-state index in [9.17, 15) is 0 Å². The lowest BCUT2D eigenvalue weighted by molar-refractivity contribution is 0.0818. The summed E-state index contributed by atoms with van der Waals surface area (Å²) in [7, 11) is 0. The Morgan fingerprint density at radius 1 is 0.632 bits per heavy atom. The van der Waals surface area contributed by atoms with Gasteiger partial charge in [-0.3, -0.25) is 4.99 Å². The molecular weight excluding hydrogens is 831 g/mol. The van der Waals surface area contributed by atoms with Gasteiger partial charge >= 0.3 is 0 Å². The Bertz CT molecular complexity index is 3250. The summed E-state index contributed by atoms with van der Waals surface area (Å²) >= 11 is 0. The number of benzene rings is 6. The number of hydrogen-bond donors (Lipinski definition) is 0. The second-order valence-corrected chi connectivity index (χ2v) is 18.2. The van der Waals surface area contributed by atoms with Crippen molar-refractivity contribution in [2.24, 2.45) is 15.0 Å². The molecule has 0 spiro atoms. The fraction of sp³-hybridized carbons (Fsp3) is 0.159. The Kier molecular flexibility index (Phi) is 10.8. The second-order valence-electron chi connectivity index (χ2n) is 18.2. The first kappa shape index (κ1) is 41.5. The average Bonchev–Trinajstić information content (AvgIpc) is 3.72. The van der Waals surface area contributed by atoms with E-state index in [1.165, 1.54) is 55.7 Å². The fourth-order valence-corrected chi connectivity index (χ4v) is 11.3. The van der Waals surface area contributed by atoms with Crippen molar-refractivity contribution in [2.45, 2.75) is 62.7 Å². The minimum Gasteiger partial charge on any atom is -0.478 e. The molecule has 5 aliphatic carbocycles. The number of nitrogens with zero attached hydrogens (tertiary/aromatic N) is 3. The standard InChI is InChI=1S/C63H51N3O2/c1-64-62(52-38-37-48(42-21-6-2-7-22-42)49-31-16-17-32-50(49)52)66-61(43-23-8-3-9-24-43)65-41-44-25-14-15-30-47(44)51-34-20-36-56-59(51)67-57-40-39-55-58(60(57)68-56)53-33-18-19-35-54(53)63(55,45-26-10-4-11-27-45)46-28-12-5-13-29-46/h3-6,8,10-16,18-23,25-31,33-40,57,60H,1-2,7,9,17,24,32,41H2. The molecule has 1 heterocycles. The molecule has 2 atom stereocenters. The second kappa shape index (κ2) is 17.7. The molecule has 68 heavy (non-hydrogen) atoms. The normalized spacial score (nSPS) is 19.6. The molecule has 6 aliphatic rings. The highest BCUT2D eigenvalue weighted by Crippen LogP contribution is 2.59. The molecule has 0 N–H and O–H groups in total. The predicted octanol–water partition coefficient (Wildman–Crippen LogP) is 14.2. The lowest BCUT2D eigenvalue weighted by atomic mass is 9.66. The highest BCUT2D eigenvalue weighted by atomic mass is 16.6. The summed E-state index contributed by atoms with van der Waals surface area (Å²) in [5.74, 6) is 2.75. The van der Waals surface area contributed by atoms with E-state index < -0.39 is 5.41 Å². The maximum Gasteiger partial charge on any atom is 0.170 e. The summed E-state index contributed by atoms with van der Waals surface area (Å²) in [4.78, 5) is 15.2. The van der Waals surface area contributed by atoms with E-state index in [-0.39, 0.29) is 12.2 Å². The van der Waals surface area contributed by atoms with Crippen molar-refractivity contribution in [3.8, 4) is 22.6 Å². The number of ether oxygens (including phenoxy) is 2. The van der Waals surface area contributed by atoms with Crippen molar-refractivity contribution < 1.29 is 9.47 Å². The molecule has 0 bridgehead atoms. The zero-order valence-electron chi connectivity index (χ0n) is 38.0. The molecule has 2 unspecified atom stereocenters. The maximum atomic E-state index is 7.21. The Morgan fingerprint density at radius 3 is 2.16 bits per heavy atom. The summed E-state index contributed by atoms with van der Waals surface area (Å²) in [6, 6.07) is 49.8. The van der Waals surface area contributed by atoms with Gasteiger partial charge in [-0.25, -0.2) is 9.98 Å². The van der Waals surface area contributed by atoms with Crippen LogP contribution in [0.2, 0.25) is 0 Å². The molecule has 0 saturated heterocycles. The molecule has 0 radical (unpaired) electrons. The van der Waals surface area contributed by atoms with E-state index in [0.29, 0.717) is 18.2 Å². The molecule has 0 saturated carbocycles. The number of fused-ring (bicyclic) bond motifs is 6. The van der Waals surface area contributed by atoms with Gasteiger partial charge in [-0.15, -0.1) is 0 Å². The van der Waals surface area contributed by atoms with Crippen molar-refractivity contribution in [1.82, 2.24) is 0 Å². The number of rotatable bonds is 8. The number of aliphatic imine (C=N–C) groups is 3. The third-order valence-electron chi connectivity index (χ3n) is 14.4. The SMILES string of the molecule is C=NC(=NC(=NCc1ccccc1-c1cccc2c1OC1C=CC3=C(c4ccccc4C3(c3ccccc3)c3ccccc3)C1O2)C1=CC=CCC1)c1ccc(C2=CCCC=C2)c2c1CCC=C2. The van der Waals surface area contributed by atoms with E-state index in [4.69, 9.17) is 19.5 Å². The molecule has 12 rings (SSSR count). The van der Waals surface area contributed by atoms with Crippen molar-refractivity contribution in [1.29, 1.82) is 0 Å². The molecular formula is C63H51N3O2. The quantitative estimate of drug-likeness (QED) is 0.113. The van der Waals surface area contributed by atoms with Gasteiger partial charge in [0.15, 0.2) is 35.4 Å². The highest BCUT2D eigenvalue weighted by molar-refractivity contribution is 6.14. The Morgan fingerprint density at radius 2 is 1.38 bits per heavy atom. The van der Waals surface area contributed by atoms with Crippen LogP contribution in [0.1, 0.15) is 82.2 Å². The highest BCUT2D eigenvalue weighted by Gasteiger charge is 2.52. The van der Waals surface area contributed by atoms with E-state index in [0.717, 1.165) is 77.9 Å². The first-order valence-electron chi connectivity index (χ1n) is 24.0. The van der Waals surface area contributed by atoms with Crippen LogP contribution in [0.4, 0.5) is 0 Å². The van der Waals surface area contributed by atoms with Gasteiger partial charge in [-0.1, -0.05) is 188 Å². The maximum absolute atomic E-state index is 7.21. The van der Waals surface area contributed by atoms with Crippen LogP contribution in [0, 0.1) is 0 Å². The van der Waals surface area contributed by atoms with Crippen LogP contribution in [0.3, 0.4) is 0 Å². The molecule has 5 nitrogen and oxygen atoms in total. The van der Waals surface area contributed by atoms with Crippen molar-refractivity contribution in [3.05, 3.63) is 255 Å². The smallest absolute Gasteiger partial charge is 0.170 e. The fourth-order valence-electron chi connectivity index (χ4n) is 11.3. The van der Waals surface area contributed by atoms with E-state index >= 15 is 0 Å². The summed E-state index contributed by atoms with van der Waals surface area (Å²) in [6.07, 6.45) is 27.5. The lowest BCUT2D eigenvalue weighted by Gasteiger charge is -2.39. The third kappa shape index (κ3) is 7.04. The first-order chi connectivity index (χ1) is 33.7. The number of para-hydroxylation sites is 1. The Hall–Kier alpha value is -7.89. The van der Waals surface area contributed by atoms with Gasteiger partial charge in [0.05, 0.1) is 12.0 Å². The van der Waals surface area contributed by atoms with Crippen LogP contribution in [-0.4, -0.2) is 30.6 Å². The van der Waals surface area contributed by atoms with Crippen molar-refractivity contribution in [2.75, 3.05) is 0 Å². The van der Waals surface area contributed by atoms with E-state index in [1.807, 2.05) is 6.07 Å². The van der Waals surface area contributed by atoms with Crippen LogP contribution in [0.25, 0.3) is 28.3 Å². The van der Waals surface area contributed by atoms with Gasteiger partial charge in [0.25, 0.3) is 0 Å². The van der Waals surface area contributed by atoms with Crippen molar-refractivity contribution in [3.63, 3.8) is 0 Å². The van der Waals surface area contributed by atoms with Gasteiger partial charge < -0.3 is 9.47 Å². The zero-order chi connectivity index (χ0) is 45.4. The molecule has 6 aromatic rings. The van der Waals surface area contributed by atoms with Crippen LogP contribution >= 0.6 is 0 Å². The monoisotopic (exact) mass is 881 g/mol. The number of hydrogen-bond acceptors (Lipinski definition) is 3. The lowest BCUT2D eigenvalue weighted by Crippen LogP contribution is -2.42. The topological polar surface area (TPSA) is 55.5 Å². The molecule has 0 aromatic heterocycles. The summed E-state index contributed by atoms with van der Waals surface area (Å²) in [5, 5.41) is 0. The molecule has 0 fully saturated rings. The van der Waals surface area contributed by atoms with Crippen LogP contribution < -0.4 is 9.47 Å². The molecule has 330 valence electrons. The number of allylic oxidation sites excluding steroid dienone is 10. The molecule has 1 aliphatic heterocycles. The summed E-state index contributed by atoms with van der Waals surface area (Å²) in [6.45, 7) is 4.47. The average molecular weight is 882 g/mol. The largest absolute Gasteiger partial charge is 0.478 e. The summed E-state index contributed by atoms with van der Waals surface area (Å²) < 4.78 is 14.4. The van der Waals surface area contributed by atoms with Gasteiger partial charge in [-0.05, 0) is 124 Å². The zero-order valence-corrected chi connectivity index (χ0v) is 38.0. The van der Waals surface area contributed by atoms with Crippen LogP contribution in [0.15, 0.2) is 220 Å². The van der Waals surface area contributed by atoms with Gasteiger partial charge in [0.1, 0.15) is 0 Å². The minimum absolute atomic E-state index is 0.341. The van der Waals surface area contributed by atoms with Crippen LogP contribution in [0.5, 0.6) is 11.5 Å². The van der Waals surface area contributed by atoms with E-state index in [1.54, 1.807) is 0 Å². The first-order valence-corrected chi connectivity index (χ1v) is 24.0. The predicted molar refractivity (Wildman–Crippen MR) is 280 cm³/mol. The van der Waals surface area contributed by atoms with Gasteiger partial charge in [0.2, 0.25) is 0 Å². The molecule has 0 amide bonds. The van der Waals surface area contributed by atoms with Gasteiger partial charge in [0, 0.05) is 16.7 Å². The van der Waals surface area contributed by atoms with Crippen molar-refractivity contribution >= 4 is 35.6 Å². The minimum atomic E-state index is -0.512. The molecule has 5 heteroatoms. The number of amidine groups is 2. The van der Waals surface area contributed by atoms with Gasteiger partial charge in [-0.2, -0.15) is 0 Å². The Labute approximate surface area is 399 Å².